The van der Waals surface area contributed by atoms with E-state index in [9.17, 15) is 22.4 Å². The summed E-state index contributed by atoms with van der Waals surface area (Å²) < 4.78 is 55.6. The Kier molecular flexibility index (Phi) is 5.46. The maximum Gasteiger partial charge on any atom is 0.395 e. The molecule has 2 aromatic heterocycles. The number of aliphatic hydroxyl groups is 1. The van der Waals surface area contributed by atoms with Crippen LogP contribution in [-0.2, 0) is 6.42 Å². The molecular formula is C22H23F4N5O2. The molecule has 2 fully saturated rings. The molecule has 1 saturated heterocycles. The van der Waals surface area contributed by atoms with E-state index in [2.05, 4.69) is 15.1 Å². The number of allylic oxidation sites excluding steroid dienone is 4. The van der Waals surface area contributed by atoms with E-state index in [1.54, 1.807) is 17.3 Å². The number of fused-ring (bicyclic) bond motifs is 2. The third-order valence-corrected chi connectivity index (χ3v) is 7.07. The van der Waals surface area contributed by atoms with Gasteiger partial charge in [-0.05, 0) is 60.6 Å². The molecule has 33 heavy (non-hydrogen) atoms. The van der Waals surface area contributed by atoms with Crippen LogP contribution < -0.4 is 0 Å². The van der Waals surface area contributed by atoms with Crippen molar-refractivity contribution in [2.75, 3.05) is 19.7 Å². The van der Waals surface area contributed by atoms with Crippen molar-refractivity contribution in [3.05, 3.63) is 47.8 Å². The summed E-state index contributed by atoms with van der Waals surface area (Å²) in [5, 5.41) is 13.3. The largest absolute Gasteiger partial charge is 0.396 e. The molecular weight excluding hydrogens is 442 g/mol. The second-order valence-electron chi connectivity index (χ2n) is 9.13. The lowest BCUT2D eigenvalue weighted by molar-refractivity contribution is -0.174. The summed E-state index contributed by atoms with van der Waals surface area (Å²) in [4.78, 5) is 23.0. The first kappa shape index (κ1) is 22.0. The molecule has 2 aliphatic carbocycles. The minimum absolute atomic E-state index is 0.0136. The van der Waals surface area contributed by atoms with Gasteiger partial charge in [-0.25, -0.2) is 13.9 Å². The van der Waals surface area contributed by atoms with Crippen molar-refractivity contribution in [3.63, 3.8) is 0 Å². The minimum atomic E-state index is -4.42. The topological polar surface area (TPSA) is 83.6 Å². The highest BCUT2D eigenvalue weighted by molar-refractivity contribution is 5.91. The van der Waals surface area contributed by atoms with Crippen molar-refractivity contribution in [1.29, 1.82) is 0 Å². The first-order chi connectivity index (χ1) is 15.7. The number of carbonyl (C=O) groups excluding carboxylic acids is 1. The molecule has 1 aliphatic heterocycles. The Morgan fingerprint density at radius 1 is 1.18 bits per heavy atom. The van der Waals surface area contributed by atoms with Gasteiger partial charge in [-0.15, -0.1) is 5.10 Å². The summed E-state index contributed by atoms with van der Waals surface area (Å²) in [7, 11) is 0. The normalized spacial score (nSPS) is 29.5. The third kappa shape index (κ3) is 4.14. The number of aromatic nitrogens is 4. The lowest BCUT2D eigenvalue weighted by Gasteiger charge is -2.32. The second-order valence-corrected chi connectivity index (χ2v) is 9.13. The summed E-state index contributed by atoms with van der Waals surface area (Å²) in [5.74, 6) is -3.40. The Balaban J connectivity index is 1.26. The van der Waals surface area contributed by atoms with Gasteiger partial charge in [0.15, 0.2) is 0 Å². The Labute approximate surface area is 186 Å². The molecule has 7 nitrogen and oxygen atoms in total. The van der Waals surface area contributed by atoms with Crippen LogP contribution in [0, 0.1) is 29.6 Å². The molecule has 5 atom stereocenters. The van der Waals surface area contributed by atoms with Crippen molar-refractivity contribution < 1.29 is 27.5 Å². The summed E-state index contributed by atoms with van der Waals surface area (Å²) in [6.07, 6.45) is 3.21. The molecule has 1 amide bonds. The molecule has 1 saturated carbocycles. The highest BCUT2D eigenvalue weighted by Crippen LogP contribution is 2.50. The maximum absolute atomic E-state index is 13.8. The van der Waals surface area contributed by atoms with Crippen LogP contribution in [0.5, 0.6) is 0 Å². The smallest absolute Gasteiger partial charge is 0.395 e. The maximum atomic E-state index is 13.8. The van der Waals surface area contributed by atoms with Gasteiger partial charge in [0.1, 0.15) is 5.83 Å². The molecule has 0 bridgehead atoms. The zero-order chi connectivity index (χ0) is 23.3. The molecule has 3 unspecified atom stereocenters. The summed E-state index contributed by atoms with van der Waals surface area (Å²) in [5.41, 5.74) is 0.760. The number of carbonyl (C=O) groups is 1. The Morgan fingerprint density at radius 2 is 1.91 bits per heavy atom. The van der Waals surface area contributed by atoms with Crippen molar-refractivity contribution >= 4 is 11.7 Å². The van der Waals surface area contributed by atoms with Gasteiger partial charge < -0.3 is 10.0 Å². The number of hydrogen-bond acceptors (Lipinski definition) is 5. The lowest BCUT2D eigenvalue weighted by Crippen LogP contribution is -2.35. The zero-order valence-corrected chi connectivity index (χ0v) is 17.6. The van der Waals surface area contributed by atoms with Crippen LogP contribution in [0.15, 0.2) is 36.4 Å². The van der Waals surface area contributed by atoms with Gasteiger partial charge in [-0.3, -0.25) is 4.79 Å². The number of halogens is 4. The van der Waals surface area contributed by atoms with E-state index in [0.717, 1.165) is 23.8 Å². The quantitative estimate of drug-likeness (QED) is 0.702. The molecule has 3 aliphatic rings. The van der Waals surface area contributed by atoms with Crippen molar-refractivity contribution in [2.45, 2.75) is 25.4 Å². The second kappa shape index (κ2) is 8.19. The van der Waals surface area contributed by atoms with Gasteiger partial charge >= 0.3 is 6.18 Å². The van der Waals surface area contributed by atoms with Crippen LogP contribution in [-0.4, -0.2) is 61.4 Å². The van der Waals surface area contributed by atoms with Crippen molar-refractivity contribution in [3.8, 4) is 0 Å². The van der Waals surface area contributed by atoms with Crippen LogP contribution >= 0.6 is 0 Å². The van der Waals surface area contributed by atoms with Crippen molar-refractivity contribution in [2.24, 2.45) is 29.6 Å². The SMILES string of the molecule is O=C(c1nc2ncc(CCO)cn2n1)N1C[C@H]2CC(C3C=C(F)C=CC3C(F)(F)F)C[C@H]2C1. The Morgan fingerprint density at radius 3 is 2.58 bits per heavy atom. The van der Waals surface area contributed by atoms with Gasteiger partial charge in [0, 0.05) is 32.1 Å². The molecule has 1 N–H and O–H groups in total. The predicted octanol–water partition coefficient (Wildman–Crippen LogP) is 2.98. The Hall–Kier alpha value is -2.82. The third-order valence-electron chi connectivity index (χ3n) is 7.07. The van der Waals surface area contributed by atoms with Crippen LogP contribution in [0.3, 0.4) is 0 Å². The van der Waals surface area contributed by atoms with E-state index in [-0.39, 0.29) is 41.9 Å². The van der Waals surface area contributed by atoms with Crippen LogP contribution in [0.2, 0.25) is 0 Å². The minimum Gasteiger partial charge on any atom is -0.396 e. The van der Waals surface area contributed by atoms with E-state index in [1.807, 2.05) is 0 Å². The van der Waals surface area contributed by atoms with Gasteiger partial charge in [0.25, 0.3) is 11.7 Å². The van der Waals surface area contributed by atoms with E-state index in [0.29, 0.717) is 32.4 Å². The predicted molar refractivity (Wildman–Crippen MR) is 109 cm³/mol. The van der Waals surface area contributed by atoms with Gasteiger partial charge in [-0.1, -0.05) is 6.08 Å². The monoisotopic (exact) mass is 465 g/mol. The fourth-order valence-electron chi connectivity index (χ4n) is 5.56. The van der Waals surface area contributed by atoms with E-state index in [4.69, 9.17) is 5.11 Å². The number of alkyl halides is 3. The van der Waals surface area contributed by atoms with Gasteiger partial charge in [0.05, 0.1) is 5.92 Å². The number of nitrogens with zero attached hydrogens (tertiary/aromatic N) is 5. The van der Waals surface area contributed by atoms with Crippen LogP contribution in [0.25, 0.3) is 5.78 Å². The fraction of sp³-hybridized carbons (Fsp3) is 0.545. The zero-order valence-electron chi connectivity index (χ0n) is 17.6. The number of aliphatic hydroxyl groups excluding tert-OH is 1. The lowest BCUT2D eigenvalue weighted by atomic mass is 9.77. The fourth-order valence-corrected chi connectivity index (χ4v) is 5.56. The molecule has 5 rings (SSSR count). The van der Waals surface area contributed by atoms with Gasteiger partial charge in [0.2, 0.25) is 5.82 Å². The molecule has 11 heteroatoms. The molecule has 0 aromatic carbocycles. The average molecular weight is 465 g/mol. The van der Waals surface area contributed by atoms with Gasteiger partial charge in [-0.2, -0.15) is 18.2 Å². The molecule has 2 aromatic rings. The van der Waals surface area contributed by atoms with Crippen molar-refractivity contribution in [1.82, 2.24) is 24.5 Å². The standard InChI is InChI=1S/C22H23F4N5O2/c23-16-1-2-18(22(24,25)26)17(7-16)13-5-14-10-30(11-15(14)6-13)20(33)19-28-21-27-8-12(3-4-32)9-31(21)29-19/h1-2,7-9,13-15,17-18,32H,3-6,10-11H2/t13?,14-,15+,17?,18?. The average Bonchev–Trinajstić information content (AvgIpc) is 3.45. The highest BCUT2D eigenvalue weighted by atomic mass is 19.4. The molecule has 3 heterocycles. The number of likely N-dealkylation sites (tertiary alicyclic amines) is 1. The van der Waals surface area contributed by atoms with E-state index >= 15 is 0 Å². The summed E-state index contributed by atoms with van der Waals surface area (Å²) in [6, 6.07) is 0. The Bertz CT molecular complexity index is 1110. The van der Waals surface area contributed by atoms with E-state index in [1.165, 1.54) is 4.52 Å². The summed E-state index contributed by atoms with van der Waals surface area (Å²) >= 11 is 0. The summed E-state index contributed by atoms with van der Waals surface area (Å²) in [6.45, 7) is 0.808. The van der Waals surface area contributed by atoms with Crippen LogP contribution in [0.4, 0.5) is 17.6 Å². The molecule has 0 spiro atoms. The van der Waals surface area contributed by atoms with E-state index < -0.39 is 23.8 Å². The first-order valence-corrected chi connectivity index (χ1v) is 11.0. The molecule has 0 radical (unpaired) electrons. The number of rotatable bonds is 4. The van der Waals surface area contributed by atoms with Crippen LogP contribution in [0.1, 0.15) is 29.0 Å². The first-order valence-electron chi connectivity index (χ1n) is 11.0. The highest BCUT2D eigenvalue weighted by Gasteiger charge is 2.51. The number of amides is 1. The number of hydrogen-bond donors (Lipinski definition) is 1. The molecule has 176 valence electrons.